The van der Waals surface area contributed by atoms with Gasteiger partial charge in [-0.25, -0.2) is 9.59 Å². The maximum absolute atomic E-state index is 11.7. The fraction of sp³-hybridized carbons (Fsp3) is 0.515. The molecule has 118 heavy (non-hydrogen) atoms. The molecule has 7 aromatic carbocycles. The van der Waals surface area contributed by atoms with Crippen LogP contribution in [-0.2, 0) is 33.2 Å². The van der Waals surface area contributed by atoms with E-state index in [1.165, 1.54) is 50.3 Å². The summed E-state index contributed by atoms with van der Waals surface area (Å²) in [5.74, 6) is 7.72. The lowest BCUT2D eigenvalue weighted by Crippen LogP contribution is -2.27. The smallest absolute Gasteiger partial charge is 0.508 e. The van der Waals surface area contributed by atoms with E-state index < -0.39 is 18.0 Å². The number of rotatable bonds is 32. The number of carbonyl (C=O) groups is 3. The summed E-state index contributed by atoms with van der Waals surface area (Å²) in [6.07, 6.45) is 7.37. The van der Waals surface area contributed by atoms with Crippen molar-refractivity contribution < 1.29 is 77.1 Å². The fourth-order valence-electron chi connectivity index (χ4n) is 10.4. The van der Waals surface area contributed by atoms with Crippen molar-refractivity contribution in [2.45, 2.75) is 310 Å². The Morgan fingerprint density at radius 1 is 0.331 bits per heavy atom. The molecule has 0 bridgehead atoms. The van der Waals surface area contributed by atoms with E-state index in [0.717, 1.165) is 68.6 Å². The highest BCUT2D eigenvalue weighted by molar-refractivity contribution is 7.12. The lowest BCUT2D eigenvalue weighted by molar-refractivity contribution is -0.159. The van der Waals surface area contributed by atoms with E-state index in [-0.39, 0.29) is 42.6 Å². The zero-order valence-electron chi connectivity index (χ0n) is 76.8. The summed E-state index contributed by atoms with van der Waals surface area (Å²) in [6.45, 7) is 57.0. The molecule has 0 aliphatic heterocycles. The van der Waals surface area contributed by atoms with E-state index in [2.05, 4.69) is 133 Å². The van der Waals surface area contributed by atoms with Gasteiger partial charge in [-0.1, -0.05) is 202 Å². The Hall–Kier alpha value is -8.87. The molecule has 0 spiro atoms. The first-order chi connectivity index (χ1) is 55.8. The van der Waals surface area contributed by atoms with Crippen LogP contribution in [0.1, 0.15) is 328 Å². The Labute approximate surface area is 716 Å². The van der Waals surface area contributed by atoms with E-state index in [4.69, 9.17) is 62.7 Å². The highest BCUT2D eigenvalue weighted by Gasteiger charge is 2.21. The van der Waals surface area contributed by atoms with Crippen LogP contribution in [0.4, 0.5) is 4.79 Å². The van der Waals surface area contributed by atoms with Crippen LogP contribution in [0.2, 0.25) is 0 Å². The number of aromatic hydroxyl groups is 3. The number of hydrogen-bond donors (Lipinski definition) is 3. The van der Waals surface area contributed by atoms with Crippen LogP contribution in [0, 0.1) is 5.92 Å². The van der Waals surface area contributed by atoms with Crippen molar-refractivity contribution in [3.05, 3.63) is 231 Å². The summed E-state index contributed by atoms with van der Waals surface area (Å²) in [6, 6.07) is 58.0. The van der Waals surface area contributed by atoms with Gasteiger partial charge in [-0.05, 0) is 304 Å². The molecule has 11 unspecified atom stereocenters. The lowest BCUT2D eigenvalue weighted by Gasteiger charge is -2.21. The van der Waals surface area contributed by atoms with Crippen LogP contribution in [0.25, 0.3) is 0 Å². The van der Waals surface area contributed by atoms with Crippen molar-refractivity contribution in [1.29, 1.82) is 0 Å². The molecule has 8 aromatic rings. The van der Waals surface area contributed by atoms with Gasteiger partial charge in [0.25, 0.3) is 0 Å². The minimum Gasteiger partial charge on any atom is -0.508 e. The van der Waals surface area contributed by atoms with Crippen molar-refractivity contribution in [3.63, 3.8) is 0 Å². The van der Waals surface area contributed by atoms with Crippen LogP contribution in [0.3, 0.4) is 0 Å². The molecule has 8 rings (SSSR count). The van der Waals surface area contributed by atoms with Gasteiger partial charge in [-0.3, -0.25) is 4.79 Å². The van der Waals surface area contributed by atoms with Crippen molar-refractivity contribution in [3.8, 4) is 40.2 Å². The average Bonchev–Trinajstić information content (AvgIpc) is 0.916. The maximum atomic E-state index is 11.7. The van der Waals surface area contributed by atoms with Crippen molar-refractivity contribution >= 4 is 29.4 Å². The number of hydrogen-bond acceptors (Lipinski definition) is 17. The predicted octanol–water partition coefficient (Wildman–Crippen LogP) is 28.4. The number of benzene rings is 7. The molecule has 11 atom stereocenters. The summed E-state index contributed by atoms with van der Waals surface area (Å²) in [7, 11) is 0. The second kappa shape index (κ2) is 59.7. The average molecular weight is 1650 g/mol. The van der Waals surface area contributed by atoms with E-state index in [1.54, 1.807) is 75.4 Å². The highest BCUT2D eigenvalue weighted by Crippen LogP contribution is 2.29. The number of ether oxygens (including phenoxy) is 10. The van der Waals surface area contributed by atoms with Gasteiger partial charge >= 0.3 is 18.1 Å². The standard InChI is InChI=1S/C19H24O4S.C15H22O3.2C14H22O2.3C10H14O.C9H18O2/c1-4-14(2)16-7-9-17(10-8-16)23-15(3)21-11-12-22-19(20)18-6-5-13-24-18;1-6-11(2)12-7-9-13(10-8-12)17-14(16)18-15(3,4)5;2*1-5-11(3)13-7-9-14(10-8-13)16-12(4)15-6-2;3*1-3-8(2)9-4-6-10(11)7-5-9;1-6-7(2)8(10)11-9(3,4)5/h5-10,13-15H,4,11-12H2,1-3H3;7-11H,6H2,1-5H3;2*7-12H,5-6H2,1-4H3;3*4-8,11H,3H2,1-2H3;7H,6H2,1-5H3. The lowest BCUT2D eigenvalue weighted by atomic mass is 9.99. The Balaban J connectivity index is 0.000000685. The van der Waals surface area contributed by atoms with E-state index in [9.17, 15) is 14.4 Å². The number of esters is 2. The number of thiophene rings is 1. The van der Waals surface area contributed by atoms with Gasteiger partial charge in [-0.15, -0.1) is 11.3 Å². The molecule has 0 saturated carbocycles. The summed E-state index contributed by atoms with van der Waals surface area (Å²) >= 11 is 1.36. The minimum absolute atomic E-state index is 0.0224. The Kier molecular flexibility index (Phi) is 54.2. The molecule has 0 aliphatic carbocycles. The van der Waals surface area contributed by atoms with Crippen molar-refractivity contribution in [1.82, 2.24) is 0 Å². The molecule has 17 heteroatoms. The number of carbonyl (C=O) groups excluding carboxylic acids is 3. The first-order valence-electron chi connectivity index (χ1n) is 42.8. The van der Waals surface area contributed by atoms with Gasteiger partial charge < -0.3 is 62.7 Å². The Bertz CT molecular complexity index is 3650. The number of phenols is 3. The largest absolute Gasteiger partial charge is 0.514 e. The van der Waals surface area contributed by atoms with E-state index in [1.807, 2.05) is 166 Å². The third kappa shape index (κ3) is 47.7. The molecule has 1 heterocycles. The molecule has 3 N–H and O–H groups in total. The molecule has 0 radical (unpaired) electrons. The van der Waals surface area contributed by atoms with Crippen molar-refractivity contribution in [2.24, 2.45) is 5.92 Å². The van der Waals surface area contributed by atoms with Gasteiger partial charge in [0.1, 0.15) is 62.9 Å². The summed E-state index contributed by atoms with van der Waals surface area (Å²) < 4.78 is 53.5. The molecule has 1 aromatic heterocycles. The first-order valence-corrected chi connectivity index (χ1v) is 43.7. The normalized spacial score (nSPS) is 13.6. The van der Waals surface area contributed by atoms with Crippen LogP contribution < -0.4 is 18.9 Å². The SMILES string of the molecule is CCC(C)C(=O)OC(C)(C)C.CCC(C)c1ccc(O)cc1.CCC(C)c1ccc(O)cc1.CCC(C)c1ccc(O)cc1.CCC(C)c1ccc(OC(=O)OC(C)(C)C)cc1.CCC(C)c1ccc(OC(C)OCCOC(=O)c2cccs2)cc1.CCOC(C)Oc1ccc(C(C)CC)cc1.CCOC(C)Oc1ccc(C(C)CC)cc1. The predicted molar refractivity (Wildman–Crippen MR) is 487 cm³/mol. The monoisotopic (exact) mass is 1650 g/mol. The maximum Gasteiger partial charge on any atom is 0.514 e. The second-order valence-corrected chi connectivity index (χ2v) is 32.5. The fourth-order valence-corrected chi connectivity index (χ4v) is 11.1. The van der Waals surface area contributed by atoms with Crippen molar-refractivity contribution in [2.75, 3.05) is 26.4 Å². The third-order valence-corrected chi connectivity index (χ3v) is 20.4. The van der Waals surface area contributed by atoms with Gasteiger partial charge in [0.15, 0.2) is 18.9 Å². The van der Waals surface area contributed by atoms with E-state index >= 15 is 0 Å². The number of phenolic OH excluding ortho intramolecular Hbond substituents is 3. The topological polar surface area (TPSA) is 204 Å². The molecule has 0 aliphatic rings. The summed E-state index contributed by atoms with van der Waals surface area (Å²) in [4.78, 5) is 34.9. The van der Waals surface area contributed by atoms with Gasteiger partial charge in [0.05, 0.1) is 12.5 Å². The van der Waals surface area contributed by atoms with E-state index in [0.29, 0.717) is 89.1 Å². The zero-order valence-corrected chi connectivity index (χ0v) is 77.6. The Morgan fingerprint density at radius 2 is 0.593 bits per heavy atom. The van der Waals surface area contributed by atoms with Gasteiger partial charge in [-0.2, -0.15) is 0 Å². The molecule has 0 fully saturated rings. The minimum atomic E-state index is -0.668. The quantitative estimate of drug-likeness (QED) is 0.0118. The van der Waals surface area contributed by atoms with Crippen LogP contribution in [-0.4, -0.2) is 89.9 Å². The zero-order chi connectivity index (χ0) is 88.9. The summed E-state index contributed by atoms with van der Waals surface area (Å²) in [5, 5.41) is 28.9. The first kappa shape index (κ1) is 107. The molecule has 0 saturated heterocycles. The van der Waals surface area contributed by atoms with Gasteiger partial charge in [0.2, 0.25) is 0 Å². The van der Waals surface area contributed by atoms with Crippen LogP contribution in [0.5, 0.6) is 40.2 Å². The highest BCUT2D eigenvalue weighted by atomic mass is 32.1. The van der Waals surface area contributed by atoms with Gasteiger partial charge in [0, 0.05) is 13.2 Å². The molecule has 0 amide bonds. The Morgan fingerprint density at radius 3 is 0.831 bits per heavy atom. The molecular formula is C101H150O16S. The van der Waals surface area contributed by atoms with Crippen LogP contribution >= 0.6 is 11.3 Å². The second-order valence-electron chi connectivity index (χ2n) is 31.6. The third-order valence-electron chi connectivity index (χ3n) is 19.6. The molecule has 16 nitrogen and oxygen atoms in total. The molecular weight excluding hydrogens is 1500 g/mol. The summed E-state index contributed by atoms with van der Waals surface area (Å²) in [5.41, 5.74) is 8.28. The molecule has 656 valence electrons. The van der Waals surface area contributed by atoms with Crippen LogP contribution in [0.15, 0.2) is 187 Å².